The molecule has 0 aliphatic carbocycles. The van der Waals surface area contributed by atoms with Gasteiger partial charge in [-0.05, 0) is 37.8 Å². The largest absolute Gasteiger partial charge is 0.439 e. The van der Waals surface area contributed by atoms with E-state index in [4.69, 9.17) is 8.23 Å². The lowest BCUT2D eigenvalue weighted by Crippen LogP contribution is -2.53. The van der Waals surface area contributed by atoms with Crippen LogP contribution >= 0.6 is 0 Å². The normalized spacial score (nSPS) is 19.4. The van der Waals surface area contributed by atoms with Gasteiger partial charge in [-0.25, -0.2) is 0 Å². The molecule has 3 nitrogen and oxygen atoms in total. The molecule has 0 saturated heterocycles. The van der Waals surface area contributed by atoms with Gasteiger partial charge in [0.1, 0.15) is 0 Å². The van der Waals surface area contributed by atoms with E-state index in [1.54, 1.807) is 0 Å². The van der Waals surface area contributed by atoms with Gasteiger partial charge in [0.2, 0.25) is 0 Å². The highest BCUT2D eigenvalue weighted by atomic mass is 28.5. The topological polar surface area (TPSA) is 38.7 Å². The Morgan fingerprint density at radius 1 is 0.778 bits per heavy atom. The van der Waals surface area contributed by atoms with Gasteiger partial charge >= 0.3 is 35.7 Å². The lowest BCUT2D eigenvalue weighted by atomic mass is 10.5. The van der Waals surface area contributed by atoms with Crippen molar-refractivity contribution in [1.82, 2.24) is 0 Å². The molecule has 27 heavy (non-hydrogen) atoms. The average Bonchev–Trinajstić information content (AvgIpc) is 2.38. The number of alkyl halides is 9. The molecule has 1 N–H and O–H groups in total. The van der Waals surface area contributed by atoms with E-state index < -0.39 is 82.1 Å². The minimum Gasteiger partial charge on any atom is -0.439 e. The number of rotatable bonds is 10. The van der Waals surface area contributed by atoms with Crippen molar-refractivity contribution in [2.75, 3.05) is 0 Å². The molecule has 0 radical (unpaired) electrons. The highest BCUT2D eigenvalue weighted by Gasteiger charge is 2.46. The summed E-state index contributed by atoms with van der Waals surface area (Å²) in [6.45, 7) is 3.49. The molecule has 0 aliphatic heterocycles. The van der Waals surface area contributed by atoms with Crippen molar-refractivity contribution in [2.24, 2.45) is 0 Å². The van der Waals surface area contributed by atoms with E-state index in [2.05, 4.69) is 0 Å². The van der Waals surface area contributed by atoms with E-state index in [0.717, 1.165) is 13.1 Å². The molecule has 0 saturated carbocycles. The van der Waals surface area contributed by atoms with Gasteiger partial charge < -0.3 is 13.0 Å². The Morgan fingerprint density at radius 3 is 1.59 bits per heavy atom. The monoisotopic (exact) mass is 470 g/mol. The van der Waals surface area contributed by atoms with Crippen LogP contribution in [0.5, 0.6) is 0 Å². The molecule has 15 heteroatoms. The van der Waals surface area contributed by atoms with Gasteiger partial charge in [-0.1, -0.05) is 0 Å². The molecular formula is C12H23F9O3Si3. The quantitative estimate of drug-likeness (QED) is 0.345. The molecule has 0 aromatic rings. The Balaban J connectivity index is 5.12. The summed E-state index contributed by atoms with van der Waals surface area (Å²) >= 11 is 0. The minimum atomic E-state index is -4.60. The van der Waals surface area contributed by atoms with Crippen LogP contribution in [0.1, 0.15) is 19.3 Å². The number of halogens is 9. The molecule has 0 aliphatic rings. The fourth-order valence-corrected chi connectivity index (χ4v) is 14.0. The zero-order valence-corrected chi connectivity index (χ0v) is 18.1. The summed E-state index contributed by atoms with van der Waals surface area (Å²) < 4.78 is 122. The number of hydrogen-bond acceptors (Lipinski definition) is 3. The van der Waals surface area contributed by atoms with E-state index in [0.29, 0.717) is 0 Å². The summed E-state index contributed by atoms with van der Waals surface area (Å²) in [6, 6.07) is -1.92. The summed E-state index contributed by atoms with van der Waals surface area (Å²) in [6.07, 6.45) is -17.6. The summed E-state index contributed by atoms with van der Waals surface area (Å²) in [5, 5.41) is 0. The van der Waals surface area contributed by atoms with Gasteiger partial charge in [-0.3, -0.25) is 0 Å². The van der Waals surface area contributed by atoms with Crippen molar-refractivity contribution in [3.05, 3.63) is 0 Å². The van der Waals surface area contributed by atoms with Crippen molar-refractivity contribution < 1.29 is 52.5 Å². The molecule has 0 amide bonds. The van der Waals surface area contributed by atoms with Crippen LogP contribution in [0.15, 0.2) is 0 Å². The molecule has 3 unspecified atom stereocenters. The van der Waals surface area contributed by atoms with Crippen LogP contribution in [0, 0.1) is 0 Å². The van der Waals surface area contributed by atoms with Crippen LogP contribution in [0.25, 0.3) is 0 Å². The zero-order valence-electron chi connectivity index (χ0n) is 15.0. The standard InChI is InChI=1S/C12H23F9O3Si3/c1-25(7-4-10(13,14)15)23-27(3,9-6-12(19,20)21)24-26(2,22)8-5-11(16,17)18/h22,25H,4-9H2,1-3H3. The third kappa shape index (κ3) is 15.5. The third-order valence-electron chi connectivity index (χ3n) is 3.46. The lowest BCUT2D eigenvalue weighted by Gasteiger charge is -2.36. The van der Waals surface area contributed by atoms with E-state index in [-0.39, 0.29) is 0 Å². The maximum atomic E-state index is 12.5. The summed E-state index contributed by atoms with van der Waals surface area (Å²) in [5.41, 5.74) is 0. The predicted octanol–water partition coefficient (Wildman–Crippen LogP) is 5.37. The molecule has 0 fully saturated rings. The molecule has 3 atom stereocenters. The maximum absolute atomic E-state index is 12.5. The minimum absolute atomic E-state index is 0.409. The first-order valence-corrected chi connectivity index (χ1v) is 15.6. The van der Waals surface area contributed by atoms with Crippen molar-refractivity contribution in [3.63, 3.8) is 0 Å². The zero-order chi connectivity index (χ0) is 21.7. The highest BCUT2D eigenvalue weighted by molar-refractivity contribution is 6.82. The first kappa shape index (κ1) is 26.9. The molecule has 0 rings (SSSR count). The average molecular weight is 471 g/mol. The van der Waals surface area contributed by atoms with Gasteiger partial charge in [0.15, 0.2) is 9.04 Å². The predicted molar refractivity (Wildman–Crippen MR) is 87.1 cm³/mol. The van der Waals surface area contributed by atoms with Gasteiger partial charge in [0.25, 0.3) is 0 Å². The first-order chi connectivity index (χ1) is 11.7. The summed E-state index contributed by atoms with van der Waals surface area (Å²) in [5.74, 6) is 0. The lowest BCUT2D eigenvalue weighted by molar-refractivity contribution is -0.132. The van der Waals surface area contributed by atoms with Crippen LogP contribution in [-0.4, -0.2) is 49.5 Å². The Hall–Kier alpha value is -0.0994. The van der Waals surface area contributed by atoms with E-state index in [9.17, 15) is 44.3 Å². The van der Waals surface area contributed by atoms with Gasteiger partial charge in [0, 0.05) is 19.3 Å². The van der Waals surface area contributed by atoms with E-state index in [1.165, 1.54) is 6.55 Å². The van der Waals surface area contributed by atoms with Gasteiger partial charge in [-0.2, -0.15) is 39.5 Å². The van der Waals surface area contributed by atoms with Crippen LogP contribution in [-0.2, 0) is 8.23 Å². The molecule has 0 aromatic carbocycles. The van der Waals surface area contributed by atoms with Crippen LogP contribution < -0.4 is 0 Å². The van der Waals surface area contributed by atoms with Gasteiger partial charge in [0.05, 0.1) is 0 Å². The third-order valence-corrected chi connectivity index (χ3v) is 14.0. The van der Waals surface area contributed by atoms with E-state index in [1.807, 2.05) is 0 Å². The van der Waals surface area contributed by atoms with E-state index >= 15 is 0 Å². The van der Waals surface area contributed by atoms with Crippen molar-refractivity contribution >= 4 is 26.2 Å². The number of hydrogen-bond donors (Lipinski definition) is 1. The molecular weight excluding hydrogens is 447 g/mol. The summed E-state index contributed by atoms with van der Waals surface area (Å²) in [7, 11) is -10.5. The van der Waals surface area contributed by atoms with Crippen LogP contribution in [0.2, 0.25) is 37.8 Å². The molecule has 0 heterocycles. The Labute approximate surface area is 155 Å². The molecule has 0 spiro atoms. The van der Waals surface area contributed by atoms with Gasteiger partial charge in [-0.15, -0.1) is 0 Å². The Kier molecular flexibility index (Phi) is 9.56. The highest BCUT2D eigenvalue weighted by Crippen LogP contribution is 2.33. The van der Waals surface area contributed by atoms with Crippen molar-refractivity contribution in [1.29, 1.82) is 0 Å². The molecule has 0 aromatic heterocycles. The Bertz CT molecular complexity index is 454. The molecule has 0 bridgehead atoms. The SMILES string of the molecule is C[SiH](CCC(F)(F)F)O[Si](C)(CCC(F)(F)F)O[Si](C)(O)CCC(F)(F)F. The fraction of sp³-hybridized carbons (Fsp3) is 1.00. The maximum Gasteiger partial charge on any atom is 0.389 e. The smallest absolute Gasteiger partial charge is 0.389 e. The first-order valence-electron chi connectivity index (χ1n) is 8.03. The second-order valence-electron chi connectivity index (χ2n) is 6.72. The summed E-state index contributed by atoms with van der Waals surface area (Å²) in [4.78, 5) is 10.1. The Morgan fingerprint density at radius 2 is 1.19 bits per heavy atom. The second-order valence-corrected chi connectivity index (χ2v) is 16.3. The van der Waals surface area contributed by atoms with Crippen LogP contribution in [0.4, 0.5) is 39.5 Å². The van der Waals surface area contributed by atoms with Crippen molar-refractivity contribution in [3.8, 4) is 0 Å². The van der Waals surface area contributed by atoms with Crippen LogP contribution in [0.3, 0.4) is 0 Å². The molecule has 164 valence electrons. The second kappa shape index (κ2) is 9.60. The van der Waals surface area contributed by atoms with Crippen molar-refractivity contribution in [2.45, 2.75) is 75.6 Å². The fourth-order valence-electron chi connectivity index (χ4n) is 2.24.